The van der Waals surface area contributed by atoms with Crippen LogP contribution in [0.15, 0.2) is 39.4 Å². The highest BCUT2D eigenvalue weighted by Gasteiger charge is 2.14. The average molecular weight is 349 g/mol. The van der Waals surface area contributed by atoms with Gasteiger partial charge in [0.05, 0.1) is 6.04 Å². The second-order valence-electron chi connectivity index (χ2n) is 5.70. The Balaban J connectivity index is 1.73. The molecule has 1 aromatic carbocycles. The van der Waals surface area contributed by atoms with E-state index in [2.05, 4.69) is 58.2 Å². The Kier molecular flexibility index (Phi) is 4.24. The van der Waals surface area contributed by atoms with Gasteiger partial charge in [0.15, 0.2) is 4.67 Å². The second kappa shape index (κ2) is 6.14. The standard InChI is InChI=1S/C17H21BrN2O/c1-12-11-14(20-9-3-4-10-20)5-6-15(12)19-13(2)16-7-8-17(18)21-16/h5-8,11,13,19H,3-4,9-10H2,1-2H3. The maximum atomic E-state index is 5.61. The van der Waals surface area contributed by atoms with E-state index >= 15 is 0 Å². The Hall–Kier alpha value is -1.42. The lowest BCUT2D eigenvalue weighted by molar-refractivity contribution is 0.471. The van der Waals surface area contributed by atoms with Gasteiger partial charge in [0.25, 0.3) is 0 Å². The van der Waals surface area contributed by atoms with E-state index in [1.54, 1.807) is 0 Å². The minimum absolute atomic E-state index is 0.146. The van der Waals surface area contributed by atoms with Crippen LogP contribution in [0, 0.1) is 6.92 Å². The third kappa shape index (κ3) is 3.26. The van der Waals surface area contributed by atoms with Gasteiger partial charge in [-0.2, -0.15) is 0 Å². The van der Waals surface area contributed by atoms with E-state index in [1.165, 1.54) is 37.2 Å². The molecule has 1 aliphatic heterocycles. The number of nitrogens with one attached hydrogen (secondary N) is 1. The van der Waals surface area contributed by atoms with Crippen LogP contribution in [0.5, 0.6) is 0 Å². The van der Waals surface area contributed by atoms with Crippen molar-refractivity contribution in [1.82, 2.24) is 0 Å². The van der Waals surface area contributed by atoms with Gasteiger partial charge >= 0.3 is 0 Å². The molecule has 112 valence electrons. The number of anilines is 2. The molecule has 0 amide bonds. The Morgan fingerprint density at radius 1 is 1.19 bits per heavy atom. The van der Waals surface area contributed by atoms with Crippen molar-refractivity contribution in [2.75, 3.05) is 23.3 Å². The number of halogens is 1. The molecule has 2 aromatic rings. The first-order valence-electron chi connectivity index (χ1n) is 7.51. The SMILES string of the molecule is Cc1cc(N2CCCC2)ccc1NC(C)c1ccc(Br)o1. The van der Waals surface area contributed by atoms with Gasteiger partial charge in [-0.05, 0) is 78.5 Å². The van der Waals surface area contributed by atoms with Crippen molar-refractivity contribution in [2.45, 2.75) is 32.7 Å². The van der Waals surface area contributed by atoms with Crippen LogP contribution >= 0.6 is 15.9 Å². The van der Waals surface area contributed by atoms with E-state index in [0.717, 1.165) is 16.1 Å². The molecule has 1 atom stereocenters. The summed E-state index contributed by atoms with van der Waals surface area (Å²) >= 11 is 3.35. The lowest BCUT2D eigenvalue weighted by atomic mass is 10.1. The zero-order valence-electron chi connectivity index (χ0n) is 12.5. The van der Waals surface area contributed by atoms with E-state index in [9.17, 15) is 0 Å². The molecule has 2 heterocycles. The van der Waals surface area contributed by atoms with Crippen LogP contribution in [0.1, 0.15) is 37.1 Å². The number of nitrogens with zero attached hydrogens (tertiary/aromatic N) is 1. The molecule has 0 spiro atoms. The highest BCUT2D eigenvalue weighted by molar-refractivity contribution is 9.10. The third-order valence-electron chi connectivity index (χ3n) is 4.07. The summed E-state index contributed by atoms with van der Waals surface area (Å²) in [6.45, 7) is 6.64. The largest absolute Gasteiger partial charge is 0.452 e. The normalized spacial score (nSPS) is 16.2. The monoisotopic (exact) mass is 348 g/mol. The molecular weight excluding hydrogens is 328 g/mol. The number of benzene rings is 1. The smallest absolute Gasteiger partial charge is 0.169 e. The van der Waals surface area contributed by atoms with Crippen LogP contribution in [-0.4, -0.2) is 13.1 Å². The van der Waals surface area contributed by atoms with E-state index in [1.807, 2.05) is 12.1 Å². The summed E-state index contributed by atoms with van der Waals surface area (Å²) in [4.78, 5) is 2.46. The van der Waals surface area contributed by atoms with Crippen molar-refractivity contribution >= 4 is 27.3 Å². The van der Waals surface area contributed by atoms with Gasteiger partial charge in [0.1, 0.15) is 5.76 Å². The summed E-state index contributed by atoms with van der Waals surface area (Å²) in [6, 6.07) is 10.7. The molecule has 0 radical (unpaired) electrons. The van der Waals surface area contributed by atoms with Gasteiger partial charge in [0, 0.05) is 24.5 Å². The fourth-order valence-electron chi connectivity index (χ4n) is 2.85. The summed E-state index contributed by atoms with van der Waals surface area (Å²) < 4.78 is 6.38. The maximum absolute atomic E-state index is 5.61. The number of furan rings is 1. The van der Waals surface area contributed by atoms with Crippen molar-refractivity contribution < 1.29 is 4.42 Å². The van der Waals surface area contributed by atoms with Crippen molar-refractivity contribution in [3.05, 3.63) is 46.3 Å². The van der Waals surface area contributed by atoms with Gasteiger partial charge < -0.3 is 14.6 Å². The fraction of sp³-hybridized carbons (Fsp3) is 0.412. The maximum Gasteiger partial charge on any atom is 0.169 e. The molecule has 3 nitrogen and oxygen atoms in total. The summed E-state index contributed by atoms with van der Waals surface area (Å²) in [5.41, 5.74) is 3.78. The average Bonchev–Trinajstić information content (AvgIpc) is 3.12. The van der Waals surface area contributed by atoms with Crippen molar-refractivity contribution in [3.8, 4) is 0 Å². The number of hydrogen-bond donors (Lipinski definition) is 1. The predicted molar refractivity (Wildman–Crippen MR) is 91.1 cm³/mol. The Bertz CT molecular complexity index is 617. The lowest BCUT2D eigenvalue weighted by Crippen LogP contribution is -2.17. The highest BCUT2D eigenvalue weighted by Crippen LogP contribution is 2.29. The van der Waals surface area contributed by atoms with E-state index in [0.29, 0.717) is 0 Å². The summed E-state index contributed by atoms with van der Waals surface area (Å²) in [5, 5.41) is 3.52. The molecule has 1 N–H and O–H groups in total. The van der Waals surface area contributed by atoms with Crippen LogP contribution in [-0.2, 0) is 0 Å². The lowest BCUT2D eigenvalue weighted by Gasteiger charge is -2.21. The van der Waals surface area contributed by atoms with Crippen LogP contribution in [0.3, 0.4) is 0 Å². The molecule has 1 aliphatic rings. The van der Waals surface area contributed by atoms with Gasteiger partial charge in [-0.15, -0.1) is 0 Å². The zero-order chi connectivity index (χ0) is 14.8. The molecule has 1 unspecified atom stereocenters. The summed E-state index contributed by atoms with van der Waals surface area (Å²) in [7, 11) is 0. The molecular formula is C17H21BrN2O. The zero-order valence-corrected chi connectivity index (χ0v) is 14.1. The quantitative estimate of drug-likeness (QED) is 0.830. The molecule has 21 heavy (non-hydrogen) atoms. The number of hydrogen-bond acceptors (Lipinski definition) is 3. The van der Waals surface area contributed by atoms with Crippen molar-refractivity contribution in [3.63, 3.8) is 0 Å². The van der Waals surface area contributed by atoms with E-state index in [4.69, 9.17) is 4.42 Å². The first kappa shape index (κ1) is 14.5. The van der Waals surface area contributed by atoms with Crippen LogP contribution < -0.4 is 10.2 Å². The fourth-order valence-corrected chi connectivity index (χ4v) is 3.17. The molecule has 3 rings (SSSR count). The molecule has 1 saturated heterocycles. The first-order chi connectivity index (χ1) is 10.1. The van der Waals surface area contributed by atoms with Crippen molar-refractivity contribution in [2.24, 2.45) is 0 Å². The highest BCUT2D eigenvalue weighted by atomic mass is 79.9. The Labute approximate surface area is 134 Å². The van der Waals surface area contributed by atoms with Crippen LogP contribution in [0.2, 0.25) is 0 Å². The van der Waals surface area contributed by atoms with Crippen LogP contribution in [0.25, 0.3) is 0 Å². The van der Waals surface area contributed by atoms with Gasteiger partial charge in [-0.3, -0.25) is 0 Å². The Morgan fingerprint density at radius 2 is 1.95 bits per heavy atom. The molecule has 0 aliphatic carbocycles. The van der Waals surface area contributed by atoms with Gasteiger partial charge in [-0.25, -0.2) is 0 Å². The first-order valence-corrected chi connectivity index (χ1v) is 8.30. The van der Waals surface area contributed by atoms with Gasteiger partial charge in [-0.1, -0.05) is 0 Å². The molecule has 1 aromatic heterocycles. The minimum Gasteiger partial charge on any atom is -0.452 e. The number of rotatable bonds is 4. The molecule has 1 fully saturated rings. The third-order valence-corrected chi connectivity index (χ3v) is 4.50. The predicted octanol–water partition coefficient (Wildman–Crippen LogP) is 5.12. The molecule has 0 saturated carbocycles. The minimum atomic E-state index is 0.146. The molecule has 4 heteroatoms. The van der Waals surface area contributed by atoms with E-state index < -0.39 is 0 Å². The van der Waals surface area contributed by atoms with Crippen molar-refractivity contribution in [1.29, 1.82) is 0 Å². The summed E-state index contributed by atoms with van der Waals surface area (Å²) in [6.07, 6.45) is 2.62. The summed E-state index contributed by atoms with van der Waals surface area (Å²) in [5.74, 6) is 0.935. The van der Waals surface area contributed by atoms with Gasteiger partial charge in [0.2, 0.25) is 0 Å². The van der Waals surface area contributed by atoms with E-state index in [-0.39, 0.29) is 6.04 Å². The topological polar surface area (TPSA) is 28.4 Å². The molecule has 0 bridgehead atoms. The van der Waals surface area contributed by atoms with Crippen LogP contribution in [0.4, 0.5) is 11.4 Å². The number of aryl methyl sites for hydroxylation is 1. The second-order valence-corrected chi connectivity index (χ2v) is 6.48. The Morgan fingerprint density at radius 3 is 2.57 bits per heavy atom.